The number of carbonyl (C=O) groups is 2. The quantitative estimate of drug-likeness (QED) is 0.805. The third kappa shape index (κ3) is 4.29. The van der Waals surface area contributed by atoms with Crippen molar-refractivity contribution in [2.45, 2.75) is 45.4 Å². The summed E-state index contributed by atoms with van der Waals surface area (Å²) in [6.07, 6.45) is 0.0944. The van der Waals surface area contributed by atoms with Crippen molar-refractivity contribution in [3.05, 3.63) is 30.0 Å². The molecule has 0 fully saturated rings. The number of hydrogen-bond acceptors (Lipinski definition) is 5. The maximum Gasteiger partial charge on any atom is 0.328 e. The van der Waals surface area contributed by atoms with Crippen LogP contribution in [0.3, 0.4) is 0 Å². The standard InChI is InChI=1S/C16H21N3O4/c1-16(2,3)23-14(20)9-19-13-7-5-4-6-10(13)12(18-19)8-11(17)15(21)22/h4-7,11H,8-9,17H2,1-3H3,(H,21,22)/t11-/m0/s1. The van der Waals surface area contributed by atoms with Crippen LogP contribution >= 0.6 is 0 Å². The first-order chi connectivity index (χ1) is 10.7. The molecule has 0 unspecified atom stereocenters. The number of ether oxygens (including phenoxy) is 1. The highest BCUT2D eigenvalue weighted by Crippen LogP contribution is 2.20. The molecule has 2 rings (SSSR count). The number of hydrogen-bond donors (Lipinski definition) is 2. The van der Waals surface area contributed by atoms with Gasteiger partial charge in [-0.2, -0.15) is 5.10 Å². The molecule has 0 saturated carbocycles. The Hall–Kier alpha value is -2.41. The van der Waals surface area contributed by atoms with E-state index in [2.05, 4.69) is 5.10 Å². The summed E-state index contributed by atoms with van der Waals surface area (Å²) >= 11 is 0. The Kier molecular flexibility index (Phi) is 4.70. The Balaban J connectivity index is 2.30. The van der Waals surface area contributed by atoms with Crippen LogP contribution in [-0.4, -0.2) is 38.5 Å². The molecule has 2 aromatic rings. The van der Waals surface area contributed by atoms with E-state index >= 15 is 0 Å². The van der Waals surface area contributed by atoms with Crippen LogP contribution in [0.25, 0.3) is 10.9 Å². The van der Waals surface area contributed by atoms with E-state index in [0.29, 0.717) is 5.69 Å². The van der Waals surface area contributed by atoms with Crippen molar-refractivity contribution in [2.24, 2.45) is 5.73 Å². The number of carboxylic acid groups (broad SMARTS) is 1. The number of esters is 1. The molecule has 1 atom stereocenters. The van der Waals surface area contributed by atoms with Crippen molar-refractivity contribution in [1.82, 2.24) is 9.78 Å². The smallest absolute Gasteiger partial charge is 0.328 e. The van der Waals surface area contributed by atoms with Crippen LogP contribution < -0.4 is 5.73 Å². The molecule has 0 radical (unpaired) electrons. The highest BCUT2D eigenvalue weighted by atomic mass is 16.6. The zero-order chi connectivity index (χ0) is 17.2. The van der Waals surface area contributed by atoms with E-state index in [9.17, 15) is 9.59 Å². The molecule has 0 aliphatic carbocycles. The number of benzene rings is 1. The van der Waals surface area contributed by atoms with Gasteiger partial charge in [-0.25, -0.2) is 0 Å². The van der Waals surface area contributed by atoms with Gasteiger partial charge < -0.3 is 15.6 Å². The van der Waals surface area contributed by atoms with E-state index in [4.69, 9.17) is 15.6 Å². The number of carbonyl (C=O) groups excluding carboxylic acids is 1. The lowest BCUT2D eigenvalue weighted by atomic mass is 10.1. The van der Waals surface area contributed by atoms with Gasteiger partial charge in [0.2, 0.25) is 0 Å². The molecule has 1 aromatic carbocycles. The molecule has 0 saturated heterocycles. The number of nitrogens with zero attached hydrogens (tertiary/aromatic N) is 2. The number of carboxylic acids is 1. The third-order valence-electron chi connectivity index (χ3n) is 3.16. The van der Waals surface area contributed by atoms with Gasteiger partial charge in [0.05, 0.1) is 11.2 Å². The first kappa shape index (κ1) is 17.0. The first-order valence-electron chi connectivity index (χ1n) is 7.32. The molecule has 1 heterocycles. The minimum absolute atomic E-state index is 0.0416. The molecule has 23 heavy (non-hydrogen) atoms. The monoisotopic (exact) mass is 319 g/mol. The predicted molar refractivity (Wildman–Crippen MR) is 84.9 cm³/mol. The Morgan fingerprint density at radius 2 is 2.00 bits per heavy atom. The number of rotatable bonds is 5. The van der Waals surface area contributed by atoms with Crippen LogP contribution in [0.5, 0.6) is 0 Å². The minimum Gasteiger partial charge on any atom is -0.480 e. The number of para-hydroxylation sites is 1. The molecule has 7 nitrogen and oxygen atoms in total. The van der Waals surface area contributed by atoms with Gasteiger partial charge in [0.1, 0.15) is 18.2 Å². The van der Waals surface area contributed by atoms with E-state index in [1.807, 2.05) is 24.3 Å². The van der Waals surface area contributed by atoms with Crippen LogP contribution in [0.2, 0.25) is 0 Å². The molecule has 7 heteroatoms. The van der Waals surface area contributed by atoms with Crippen LogP contribution in [-0.2, 0) is 27.3 Å². The van der Waals surface area contributed by atoms with Crippen molar-refractivity contribution in [3.8, 4) is 0 Å². The Morgan fingerprint density at radius 1 is 1.35 bits per heavy atom. The number of aromatic nitrogens is 2. The second-order valence-electron chi connectivity index (χ2n) is 6.36. The largest absolute Gasteiger partial charge is 0.480 e. The zero-order valence-corrected chi connectivity index (χ0v) is 13.4. The molecular weight excluding hydrogens is 298 g/mol. The van der Waals surface area contributed by atoms with E-state index in [1.165, 1.54) is 4.68 Å². The average molecular weight is 319 g/mol. The van der Waals surface area contributed by atoms with Gasteiger partial charge in [-0.3, -0.25) is 14.3 Å². The van der Waals surface area contributed by atoms with Crippen LogP contribution in [0, 0.1) is 0 Å². The first-order valence-corrected chi connectivity index (χ1v) is 7.32. The second-order valence-corrected chi connectivity index (χ2v) is 6.36. The summed E-state index contributed by atoms with van der Waals surface area (Å²) in [5.74, 6) is -1.49. The SMILES string of the molecule is CC(C)(C)OC(=O)Cn1nc(C[C@H](N)C(=O)O)c2ccccc21. The van der Waals surface area contributed by atoms with Crippen molar-refractivity contribution in [1.29, 1.82) is 0 Å². The Labute approximate surface area is 134 Å². The molecule has 0 spiro atoms. The molecule has 0 aliphatic rings. The van der Waals surface area contributed by atoms with Crippen LogP contribution in [0.15, 0.2) is 24.3 Å². The minimum atomic E-state index is -1.09. The van der Waals surface area contributed by atoms with E-state index in [-0.39, 0.29) is 13.0 Å². The normalized spacial score (nSPS) is 13.0. The summed E-state index contributed by atoms with van der Waals surface area (Å²) in [6.45, 7) is 5.34. The van der Waals surface area contributed by atoms with Gasteiger partial charge in [-0.05, 0) is 26.8 Å². The Bertz CT molecular complexity index is 730. The van der Waals surface area contributed by atoms with Gasteiger partial charge in [0.15, 0.2) is 0 Å². The van der Waals surface area contributed by atoms with Crippen molar-refractivity contribution >= 4 is 22.8 Å². The summed E-state index contributed by atoms with van der Waals surface area (Å²) < 4.78 is 6.82. The van der Waals surface area contributed by atoms with Gasteiger partial charge in [-0.15, -0.1) is 0 Å². The molecular formula is C16H21N3O4. The van der Waals surface area contributed by atoms with Crippen molar-refractivity contribution in [2.75, 3.05) is 0 Å². The maximum atomic E-state index is 12.0. The van der Waals surface area contributed by atoms with Crippen molar-refractivity contribution in [3.63, 3.8) is 0 Å². The fourth-order valence-corrected chi connectivity index (χ4v) is 2.26. The molecule has 1 aromatic heterocycles. The molecule has 0 aliphatic heterocycles. The van der Waals surface area contributed by atoms with E-state index in [0.717, 1.165) is 10.9 Å². The topological polar surface area (TPSA) is 107 Å². The fourth-order valence-electron chi connectivity index (χ4n) is 2.26. The summed E-state index contributed by atoms with van der Waals surface area (Å²) in [7, 11) is 0. The molecule has 0 bridgehead atoms. The van der Waals surface area contributed by atoms with Gasteiger partial charge >= 0.3 is 11.9 Å². The fraction of sp³-hybridized carbons (Fsp3) is 0.438. The van der Waals surface area contributed by atoms with Crippen LogP contribution in [0.1, 0.15) is 26.5 Å². The summed E-state index contributed by atoms with van der Waals surface area (Å²) in [5.41, 5.74) is 6.31. The third-order valence-corrected chi connectivity index (χ3v) is 3.16. The lowest BCUT2D eigenvalue weighted by Crippen LogP contribution is -2.32. The Morgan fingerprint density at radius 3 is 2.61 bits per heavy atom. The number of fused-ring (bicyclic) bond motifs is 1. The van der Waals surface area contributed by atoms with E-state index < -0.39 is 23.6 Å². The highest BCUT2D eigenvalue weighted by Gasteiger charge is 2.21. The average Bonchev–Trinajstić information content (AvgIpc) is 2.75. The molecule has 0 amide bonds. The van der Waals surface area contributed by atoms with Crippen LogP contribution in [0.4, 0.5) is 0 Å². The van der Waals surface area contributed by atoms with Gasteiger partial charge in [0.25, 0.3) is 0 Å². The van der Waals surface area contributed by atoms with E-state index in [1.54, 1.807) is 20.8 Å². The molecule has 3 N–H and O–H groups in total. The van der Waals surface area contributed by atoms with Crippen molar-refractivity contribution < 1.29 is 19.4 Å². The summed E-state index contributed by atoms with van der Waals surface area (Å²) in [6, 6.07) is 6.28. The maximum absolute atomic E-state index is 12.0. The van der Waals surface area contributed by atoms with Gasteiger partial charge in [-0.1, -0.05) is 18.2 Å². The molecule has 124 valence electrons. The second kappa shape index (κ2) is 6.37. The highest BCUT2D eigenvalue weighted by molar-refractivity contribution is 5.84. The predicted octanol–water partition coefficient (Wildman–Crippen LogP) is 1.33. The van der Waals surface area contributed by atoms with Gasteiger partial charge in [0, 0.05) is 11.8 Å². The zero-order valence-electron chi connectivity index (χ0n) is 13.4. The summed E-state index contributed by atoms with van der Waals surface area (Å²) in [5, 5.41) is 14.1. The summed E-state index contributed by atoms with van der Waals surface area (Å²) in [4.78, 5) is 23.0. The number of aliphatic carboxylic acids is 1. The number of nitrogens with two attached hydrogens (primary N) is 1. The lowest BCUT2D eigenvalue weighted by molar-refractivity contribution is -0.155. The lowest BCUT2D eigenvalue weighted by Gasteiger charge is -2.19.